The van der Waals surface area contributed by atoms with Crippen LogP contribution in [0.1, 0.15) is 32.6 Å². The van der Waals surface area contributed by atoms with E-state index in [0.29, 0.717) is 18.8 Å². The van der Waals surface area contributed by atoms with Gasteiger partial charge in [0.1, 0.15) is 4.90 Å². The first kappa shape index (κ1) is 15.6. The highest BCUT2D eigenvalue weighted by Gasteiger charge is 2.38. The Morgan fingerprint density at radius 1 is 1.50 bits per heavy atom. The van der Waals surface area contributed by atoms with Gasteiger partial charge in [-0.25, -0.2) is 23.1 Å². The fourth-order valence-corrected chi connectivity index (χ4v) is 4.13. The third-order valence-corrected chi connectivity index (χ3v) is 5.38. The van der Waals surface area contributed by atoms with E-state index in [9.17, 15) is 13.5 Å². The first-order valence-electron chi connectivity index (χ1n) is 6.49. The van der Waals surface area contributed by atoms with Crippen LogP contribution >= 0.6 is 11.6 Å². The molecule has 2 N–H and O–H groups in total. The molecule has 1 aromatic heterocycles. The molecule has 0 aromatic carbocycles. The molecule has 0 bridgehead atoms. The van der Waals surface area contributed by atoms with Gasteiger partial charge in [-0.1, -0.05) is 19.8 Å². The minimum absolute atomic E-state index is 0.00731. The Labute approximate surface area is 123 Å². The number of aliphatic hydroxyl groups excluding tert-OH is 1. The minimum atomic E-state index is -3.76. The van der Waals surface area contributed by atoms with Gasteiger partial charge in [0.25, 0.3) is 0 Å². The van der Waals surface area contributed by atoms with Gasteiger partial charge < -0.3 is 5.11 Å². The first-order chi connectivity index (χ1) is 9.37. The number of rotatable bonds is 4. The smallest absolute Gasteiger partial charge is 0.244 e. The molecule has 1 aromatic rings. The van der Waals surface area contributed by atoms with Crippen molar-refractivity contribution in [3.63, 3.8) is 0 Å². The van der Waals surface area contributed by atoms with Crippen LogP contribution in [0.5, 0.6) is 0 Å². The summed E-state index contributed by atoms with van der Waals surface area (Å²) in [7, 11) is -3.76. The van der Waals surface area contributed by atoms with Crippen molar-refractivity contribution in [2.75, 3.05) is 6.61 Å². The lowest BCUT2D eigenvalue weighted by atomic mass is 9.78. The highest BCUT2D eigenvalue weighted by atomic mass is 35.5. The Balaban J connectivity index is 2.23. The van der Waals surface area contributed by atoms with Crippen LogP contribution in [0, 0.1) is 5.92 Å². The van der Waals surface area contributed by atoms with E-state index in [2.05, 4.69) is 21.6 Å². The van der Waals surface area contributed by atoms with Crippen LogP contribution in [0.25, 0.3) is 0 Å². The Morgan fingerprint density at radius 3 is 2.70 bits per heavy atom. The molecule has 1 saturated carbocycles. The summed E-state index contributed by atoms with van der Waals surface area (Å²) in [5.74, 6) is 0.375. The summed E-state index contributed by atoms with van der Waals surface area (Å²) < 4.78 is 27.3. The fraction of sp³-hybridized carbons (Fsp3) is 0.667. The number of aliphatic hydroxyl groups is 1. The van der Waals surface area contributed by atoms with Gasteiger partial charge >= 0.3 is 0 Å². The zero-order valence-electron chi connectivity index (χ0n) is 11.2. The third kappa shape index (κ3) is 3.46. The SMILES string of the molecule is CC1CCCC(CO)(NS(=O)(=O)c2cnc(Cl)nc2)C1. The molecule has 1 aliphatic rings. The molecule has 20 heavy (non-hydrogen) atoms. The maximum absolute atomic E-state index is 12.3. The van der Waals surface area contributed by atoms with Crippen molar-refractivity contribution in [1.82, 2.24) is 14.7 Å². The minimum Gasteiger partial charge on any atom is -0.394 e. The number of nitrogens with one attached hydrogen (secondary N) is 1. The Bertz CT molecular complexity index is 564. The van der Waals surface area contributed by atoms with Crippen molar-refractivity contribution in [3.05, 3.63) is 17.7 Å². The molecule has 0 aliphatic heterocycles. The topological polar surface area (TPSA) is 92.2 Å². The van der Waals surface area contributed by atoms with Gasteiger partial charge in [0.15, 0.2) is 0 Å². The molecule has 0 amide bonds. The Kier molecular flexibility index (Phi) is 4.63. The van der Waals surface area contributed by atoms with Crippen LogP contribution in [0.3, 0.4) is 0 Å². The van der Waals surface area contributed by atoms with Gasteiger partial charge in [0.05, 0.1) is 24.5 Å². The lowest BCUT2D eigenvalue weighted by Gasteiger charge is -2.38. The standard InChI is InChI=1S/C12H18ClN3O3S/c1-9-3-2-4-12(5-9,8-17)16-20(18,19)10-6-14-11(13)15-7-10/h6-7,9,16-17H,2-5,8H2,1H3. The molecule has 112 valence electrons. The molecule has 1 aliphatic carbocycles. The summed E-state index contributed by atoms with van der Waals surface area (Å²) in [5, 5.41) is 9.63. The summed E-state index contributed by atoms with van der Waals surface area (Å²) in [5.41, 5.74) is -0.795. The fourth-order valence-electron chi connectivity index (χ4n) is 2.71. The summed E-state index contributed by atoms with van der Waals surface area (Å²) in [6, 6.07) is 0. The molecule has 0 spiro atoms. The predicted octanol–water partition coefficient (Wildman–Crippen LogP) is 1.35. The van der Waals surface area contributed by atoms with E-state index in [1.54, 1.807) is 0 Å². The number of sulfonamides is 1. The molecule has 0 radical (unpaired) electrons. The largest absolute Gasteiger partial charge is 0.394 e. The van der Waals surface area contributed by atoms with Crippen molar-refractivity contribution in [2.24, 2.45) is 5.92 Å². The van der Waals surface area contributed by atoms with E-state index in [4.69, 9.17) is 11.6 Å². The second kappa shape index (κ2) is 5.93. The van der Waals surface area contributed by atoms with Crippen LogP contribution in [-0.4, -0.2) is 35.6 Å². The van der Waals surface area contributed by atoms with Crippen LogP contribution < -0.4 is 4.72 Å². The van der Waals surface area contributed by atoms with Gasteiger partial charge in [-0.3, -0.25) is 0 Å². The van der Waals surface area contributed by atoms with E-state index in [1.165, 1.54) is 0 Å². The lowest BCUT2D eigenvalue weighted by Crippen LogP contribution is -2.53. The first-order valence-corrected chi connectivity index (χ1v) is 8.35. The van der Waals surface area contributed by atoms with Crippen molar-refractivity contribution in [2.45, 2.75) is 43.0 Å². The maximum Gasteiger partial charge on any atom is 0.244 e. The second-order valence-electron chi connectivity index (χ2n) is 5.43. The maximum atomic E-state index is 12.3. The van der Waals surface area contributed by atoms with Crippen molar-refractivity contribution in [3.8, 4) is 0 Å². The zero-order valence-corrected chi connectivity index (χ0v) is 12.8. The zero-order chi connectivity index (χ0) is 14.8. The van der Waals surface area contributed by atoms with E-state index in [-0.39, 0.29) is 16.8 Å². The highest BCUT2D eigenvalue weighted by Crippen LogP contribution is 2.33. The molecule has 0 saturated heterocycles. The van der Waals surface area contributed by atoms with Gasteiger partial charge in [0.2, 0.25) is 15.3 Å². The van der Waals surface area contributed by atoms with E-state index in [0.717, 1.165) is 25.2 Å². The summed E-state index contributed by atoms with van der Waals surface area (Å²) in [6.07, 6.45) is 5.51. The van der Waals surface area contributed by atoms with Gasteiger partial charge in [-0.2, -0.15) is 0 Å². The van der Waals surface area contributed by atoms with Crippen LogP contribution in [0.2, 0.25) is 5.28 Å². The number of halogens is 1. The molecule has 1 fully saturated rings. The predicted molar refractivity (Wildman–Crippen MR) is 74.8 cm³/mol. The molecule has 1 heterocycles. The Hall–Kier alpha value is -0.760. The summed E-state index contributed by atoms with van der Waals surface area (Å²) in [4.78, 5) is 7.30. The Morgan fingerprint density at radius 2 is 2.15 bits per heavy atom. The molecule has 2 unspecified atom stereocenters. The molecular weight excluding hydrogens is 302 g/mol. The number of hydrogen-bond donors (Lipinski definition) is 2. The van der Waals surface area contributed by atoms with Crippen molar-refractivity contribution >= 4 is 21.6 Å². The van der Waals surface area contributed by atoms with Crippen LogP contribution in [0.4, 0.5) is 0 Å². The van der Waals surface area contributed by atoms with E-state index >= 15 is 0 Å². The highest BCUT2D eigenvalue weighted by molar-refractivity contribution is 7.89. The van der Waals surface area contributed by atoms with E-state index < -0.39 is 15.6 Å². The average Bonchev–Trinajstić information content (AvgIpc) is 2.38. The number of hydrogen-bond acceptors (Lipinski definition) is 5. The van der Waals surface area contributed by atoms with Crippen LogP contribution in [0.15, 0.2) is 17.3 Å². The molecule has 8 heteroatoms. The quantitative estimate of drug-likeness (QED) is 0.817. The monoisotopic (exact) mass is 319 g/mol. The van der Waals surface area contributed by atoms with Gasteiger partial charge in [-0.15, -0.1) is 0 Å². The lowest BCUT2D eigenvalue weighted by molar-refractivity contribution is 0.119. The van der Waals surface area contributed by atoms with Crippen molar-refractivity contribution in [1.29, 1.82) is 0 Å². The number of aromatic nitrogens is 2. The molecule has 2 rings (SSSR count). The third-order valence-electron chi connectivity index (χ3n) is 3.65. The normalized spacial score (nSPS) is 27.4. The average molecular weight is 320 g/mol. The van der Waals surface area contributed by atoms with E-state index in [1.807, 2.05) is 0 Å². The van der Waals surface area contributed by atoms with Crippen LogP contribution in [-0.2, 0) is 10.0 Å². The number of nitrogens with zero attached hydrogens (tertiary/aromatic N) is 2. The molecule has 6 nitrogen and oxygen atoms in total. The second-order valence-corrected chi connectivity index (χ2v) is 7.45. The molecule has 2 atom stereocenters. The summed E-state index contributed by atoms with van der Waals surface area (Å²) in [6.45, 7) is 1.84. The molecular formula is C12H18ClN3O3S. The van der Waals surface area contributed by atoms with Crippen molar-refractivity contribution < 1.29 is 13.5 Å². The summed E-state index contributed by atoms with van der Waals surface area (Å²) >= 11 is 5.55. The van der Waals surface area contributed by atoms with Gasteiger partial charge in [0, 0.05) is 0 Å². The van der Waals surface area contributed by atoms with Gasteiger partial charge in [-0.05, 0) is 30.4 Å².